The Morgan fingerprint density at radius 2 is 2.53 bits per heavy atom. The summed E-state index contributed by atoms with van der Waals surface area (Å²) in [7, 11) is 0. The first-order valence-corrected chi connectivity index (χ1v) is 5.14. The van der Waals surface area contributed by atoms with Gasteiger partial charge in [0.1, 0.15) is 0 Å². The first kappa shape index (κ1) is 10.0. The van der Waals surface area contributed by atoms with Crippen LogP contribution >= 0.6 is 0 Å². The summed E-state index contributed by atoms with van der Waals surface area (Å²) in [5.41, 5.74) is 0. The molecule has 1 fully saturated rings. The standard InChI is InChI=1S/C10H14N2O3/c13-10(14)5-8-3-1-2-4-12(8)9-6-11-7-15-9/h6-8H,1-5H2,(H,13,14). The highest BCUT2D eigenvalue weighted by atomic mass is 16.4. The summed E-state index contributed by atoms with van der Waals surface area (Å²) in [4.78, 5) is 16.6. The Kier molecular flexibility index (Phi) is 2.89. The smallest absolute Gasteiger partial charge is 0.305 e. The molecule has 0 amide bonds. The Morgan fingerprint density at radius 3 is 3.20 bits per heavy atom. The van der Waals surface area contributed by atoms with Gasteiger partial charge in [-0.1, -0.05) is 0 Å². The molecule has 1 aromatic heterocycles. The van der Waals surface area contributed by atoms with Crippen LogP contribution in [0.4, 0.5) is 5.88 Å². The average molecular weight is 210 g/mol. The molecule has 82 valence electrons. The highest BCUT2D eigenvalue weighted by molar-refractivity contribution is 5.68. The van der Waals surface area contributed by atoms with Gasteiger partial charge in [0.05, 0.1) is 12.6 Å². The number of hydrogen-bond donors (Lipinski definition) is 1. The Morgan fingerprint density at radius 1 is 1.67 bits per heavy atom. The summed E-state index contributed by atoms with van der Waals surface area (Å²) >= 11 is 0. The van der Waals surface area contributed by atoms with Crippen molar-refractivity contribution in [2.45, 2.75) is 31.7 Å². The van der Waals surface area contributed by atoms with Crippen LogP contribution in [-0.4, -0.2) is 28.6 Å². The van der Waals surface area contributed by atoms with E-state index in [2.05, 4.69) is 4.98 Å². The SMILES string of the molecule is O=C(O)CC1CCCCN1c1cnco1. The van der Waals surface area contributed by atoms with Crippen LogP contribution in [0.2, 0.25) is 0 Å². The third-order valence-corrected chi connectivity index (χ3v) is 2.74. The van der Waals surface area contributed by atoms with Crippen molar-refractivity contribution in [3.8, 4) is 0 Å². The number of piperidine rings is 1. The van der Waals surface area contributed by atoms with Crippen molar-refractivity contribution < 1.29 is 14.3 Å². The second-order valence-corrected chi connectivity index (χ2v) is 3.78. The van der Waals surface area contributed by atoms with Crippen LogP contribution in [0, 0.1) is 0 Å². The Labute approximate surface area is 87.7 Å². The molecule has 1 unspecified atom stereocenters. The molecule has 0 radical (unpaired) electrons. The normalized spacial score (nSPS) is 21.6. The van der Waals surface area contributed by atoms with Gasteiger partial charge in [-0.15, -0.1) is 0 Å². The first-order valence-electron chi connectivity index (χ1n) is 5.14. The summed E-state index contributed by atoms with van der Waals surface area (Å²) in [6.07, 6.45) is 6.26. The molecule has 5 nitrogen and oxygen atoms in total. The molecule has 1 aliphatic rings. The van der Waals surface area contributed by atoms with E-state index in [1.807, 2.05) is 4.90 Å². The van der Waals surface area contributed by atoms with Crippen LogP contribution in [-0.2, 0) is 4.79 Å². The largest absolute Gasteiger partial charge is 0.481 e. The fourth-order valence-corrected chi connectivity index (χ4v) is 2.06. The Hall–Kier alpha value is -1.52. The lowest BCUT2D eigenvalue weighted by atomic mass is 10.00. The van der Waals surface area contributed by atoms with Crippen molar-refractivity contribution in [1.82, 2.24) is 4.98 Å². The number of anilines is 1. The molecular formula is C10H14N2O3. The zero-order valence-corrected chi connectivity index (χ0v) is 8.43. The van der Waals surface area contributed by atoms with Crippen LogP contribution < -0.4 is 4.90 Å². The van der Waals surface area contributed by atoms with Gasteiger partial charge in [-0.2, -0.15) is 0 Å². The number of carboxylic acids is 1. The molecule has 1 aromatic rings. The quantitative estimate of drug-likeness (QED) is 0.819. The van der Waals surface area contributed by atoms with E-state index in [-0.39, 0.29) is 12.5 Å². The van der Waals surface area contributed by atoms with Crippen LogP contribution in [0.25, 0.3) is 0 Å². The summed E-state index contributed by atoms with van der Waals surface area (Å²) in [6, 6.07) is 0.0456. The summed E-state index contributed by atoms with van der Waals surface area (Å²) in [5, 5.41) is 8.81. The number of carboxylic acid groups (broad SMARTS) is 1. The van der Waals surface area contributed by atoms with E-state index in [0.29, 0.717) is 5.88 Å². The molecule has 1 N–H and O–H groups in total. The molecule has 1 saturated heterocycles. The van der Waals surface area contributed by atoms with Gasteiger partial charge in [-0.25, -0.2) is 4.98 Å². The minimum atomic E-state index is -0.758. The molecule has 2 heterocycles. The zero-order valence-electron chi connectivity index (χ0n) is 8.43. The maximum atomic E-state index is 10.7. The number of aliphatic carboxylic acids is 1. The molecule has 2 rings (SSSR count). The Bertz CT molecular complexity index is 323. The van der Waals surface area contributed by atoms with E-state index in [4.69, 9.17) is 9.52 Å². The fraction of sp³-hybridized carbons (Fsp3) is 0.600. The molecule has 15 heavy (non-hydrogen) atoms. The van der Waals surface area contributed by atoms with Gasteiger partial charge in [-0.3, -0.25) is 4.79 Å². The van der Waals surface area contributed by atoms with E-state index < -0.39 is 5.97 Å². The van der Waals surface area contributed by atoms with Gasteiger partial charge in [0.15, 0.2) is 6.39 Å². The zero-order chi connectivity index (χ0) is 10.7. The van der Waals surface area contributed by atoms with E-state index in [1.165, 1.54) is 6.39 Å². The third-order valence-electron chi connectivity index (χ3n) is 2.74. The minimum Gasteiger partial charge on any atom is -0.481 e. The average Bonchev–Trinajstić information content (AvgIpc) is 2.70. The number of oxazole rings is 1. The van der Waals surface area contributed by atoms with E-state index in [9.17, 15) is 4.79 Å². The van der Waals surface area contributed by atoms with Crippen LogP contribution in [0.1, 0.15) is 25.7 Å². The van der Waals surface area contributed by atoms with Gasteiger partial charge in [-0.05, 0) is 19.3 Å². The van der Waals surface area contributed by atoms with Crippen LogP contribution in [0.15, 0.2) is 17.0 Å². The van der Waals surface area contributed by atoms with Crippen molar-refractivity contribution in [1.29, 1.82) is 0 Å². The maximum absolute atomic E-state index is 10.7. The van der Waals surface area contributed by atoms with Crippen molar-refractivity contribution in [2.24, 2.45) is 0 Å². The second-order valence-electron chi connectivity index (χ2n) is 3.78. The van der Waals surface area contributed by atoms with Gasteiger partial charge < -0.3 is 14.4 Å². The van der Waals surface area contributed by atoms with Crippen LogP contribution in [0.5, 0.6) is 0 Å². The highest BCUT2D eigenvalue weighted by Crippen LogP contribution is 2.25. The highest BCUT2D eigenvalue weighted by Gasteiger charge is 2.26. The lowest BCUT2D eigenvalue weighted by Crippen LogP contribution is -2.40. The first-order chi connectivity index (χ1) is 7.27. The van der Waals surface area contributed by atoms with Crippen molar-refractivity contribution in [3.05, 3.63) is 12.6 Å². The summed E-state index contributed by atoms with van der Waals surface area (Å²) in [5.74, 6) is -0.0765. The van der Waals surface area contributed by atoms with E-state index in [0.717, 1.165) is 25.8 Å². The van der Waals surface area contributed by atoms with Crippen molar-refractivity contribution >= 4 is 11.9 Å². The minimum absolute atomic E-state index is 0.0456. The fourth-order valence-electron chi connectivity index (χ4n) is 2.06. The molecule has 1 atom stereocenters. The lowest BCUT2D eigenvalue weighted by Gasteiger charge is -2.34. The number of rotatable bonds is 3. The molecule has 0 saturated carbocycles. The molecule has 1 aliphatic heterocycles. The van der Waals surface area contributed by atoms with Crippen LogP contribution in [0.3, 0.4) is 0 Å². The van der Waals surface area contributed by atoms with Gasteiger partial charge in [0, 0.05) is 12.6 Å². The van der Waals surface area contributed by atoms with Crippen molar-refractivity contribution in [3.63, 3.8) is 0 Å². The molecule has 0 aromatic carbocycles. The molecule has 5 heteroatoms. The van der Waals surface area contributed by atoms with Gasteiger partial charge in [0.2, 0.25) is 5.88 Å². The lowest BCUT2D eigenvalue weighted by molar-refractivity contribution is -0.137. The number of carbonyl (C=O) groups is 1. The van der Waals surface area contributed by atoms with E-state index >= 15 is 0 Å². The number of aromatic nitrogens is 1. The van der Waals surface area contributed by atoms with Gasteiger partial charge in [0.25, 0.3) is 0 Å². The maximum Gasteiger partial charge on any atom is 0.305 e. The molecule has 0 spiro atoms. The Balaban J connectivity index is 2.09. The molecular weight excluding hydrogens is 196 g/mol. The number of nitrogens with zero attached hydrogens (tertiary/aromatic N) is 2. The summed E-state index contributed by atoms with van der Waals surface area (Å²) < 4.78 is 5.21. The van der Waals surface area contributed by atoms with Crippen molar-refractivity contribution in [2.75, 3.05) is 11.4 Å². The molecule has 0 aliphatic carbocycles. The number of hydrogen-bond acceptors (Lipinski definition) is 4. The van der Waals surface area contributed by atoms with E-state index in [1.54, 1.807) is 6.20 Å². The predicted octanol–water partition coefficient (Wildman–Crippen LogP) is 1.51. The third kappa shape index (κ3) is 2.29. The predicted molar refractivity (Wildman–Crippen MR) is 53.7 cm³/mol. The monoisotopic (exact) mass is 210 g/mol. The second kappa shape index (κ2) is 4.33. The van der Waals surface area contributed by atoms with Gasteiger partial charge >= 0.3 is 5.97 Å². The summed E-state index contributed by atoms with van der Waals surface area (Å²) in [6.45, 7) is 0.854. The topological polar surface area (TPSA) is 66.6 Å². The molecule has 0 bridgehead atoms.